The van der Waals surface area contributed by atoms with Crippen LogP contribution in [0.25, 0.3) is 0 Å². The van der Waals surface area contributed by atoms with E-state index in [1.54, 1.807) is 0 Å². The average Bonchev–Trinajstić information content (AvgIpc) is 2.81. The number of carbonyl (C=O) groups excluding carboxylic acids is 1. The number of hydrogen-bond donors (Lipinski definition) is 2. The number of aromatic hydroxyl groups is 1. The Bertz CT molecular complexity index is 910. The van der Waals surface area contributed by atoms with Gasteiger partial charge in [0.2, 0.25) is 5.75 Å². The highest BCUT2D eigenvalue weighted by Gasteiger charge is 2.38. The number of carbonyl (C=O) groups is 1. The highest BCUT2D eigenvalue weighted by atomic mass is 16.3. The molecule has 28 heavy (non-hydrogen) atoms. The Morgan fingerprint density at radius 2 is 2.00 bits per heavy atom. The summed E-state index contributed by atoms with van der Waals surface area (Å²) >= 11 is 0. The number of fused-ring (bicyclic) bond motifs is 1. The van der Waals surface area contributed by atoms with Gasteiger partial charge in [-0.15, -0.1) is 0 Å². The van der Waals surface area contributed by atoms with Gasteiger partial charge in [-0.2, -0.15) is 0 Å². The number of amides is 1. The number of nitrogens with zero attached hydrogens (tertiary/aromatic N) is 3. The predicted molar refractivity (Wildman–Crippen MR) is 107 cm³/mol. The van der Waals surface area contributed by atoms with Crippen molar-refractivity contribution in [2.75, 3.05) is 13.6 Å². The second kappa shape index (κ2) is 8.14. The van der Waals surface area contributed by atoms with Crippen LogP contribution in [0, 0.1) is 0 Å². The summed E-state index contributed by atoms with van der Waals surface area (Å²) in [5.74, 6) is -0.590. The van der Waals surface area contributed by atoms with E-state index in [0.717, 1.165) is 31.4 Å². The van der Waals surface area contributed by atoms with E-state index in [4.69, 9.17) is 0 Å². The first-order valence-electron chi connectivity index (χ1n) is 9.76. The van der Waals surface area contributed by atoms with Crippen LogP contribution in [-0.2, 0) is 18.6 Å². The highest BCUT2D eigenvalue weighted by molar-refractivity contribution is 5.94. The normalized spacial score (nSPS) is 19.7. The Kier molecular flexibility index (Phi) is 5.84. The van der Waals surface area contributed by atoms with Crippen LogP contribution in [0.5, 0.6) is 5.75 Å². The van der Waals surface area contributed by atoms with E-state index in [2.05, 4.69) is 22.1 Å². The van der Waals surface area contributed by atoms with Crippen LogP contribution in [0.3, 0.4) is 0 Å². The maximum atomic E-state index is 12.8. The van der Waals surface area contributed by atoms with Crippen molar-refractivity contribution in [3.8, 4) is 5.75 Å². The van der Waals surface area contributed by atoms with Gasteiger partial charge in [0.25, 0.3) is 11.5 Å². The molecule has 1 aromatic heterocycles. The molecule has 7 nitrogen and oxygen atoms in total. The Balaban J connectivity index is 2.00. The molecular formula is C21H28N4O3. The van der Waals surface area contributed by atoms with Gasteiger partial charge in [-0.25, -0.2) is 4.98 Å². The lowest BCUT2D eigenvalue weighted by molar-refractivity contribution is 0.0935. The summed E-state index contributed by atoms with van der Waals surface area (Å²) in [5.41, 5.74) is -0.304. The monoisotopic (exact) mass is 384 g/mol. The Hall–Kier alpha value is -2.67. The minimum atomic E-state index is -0.585. The van der Waals surface area contributed by atoms with Gasteiger partial charge in [-0.3, -0.25) is 19.1 Å². The molecule has 0 saturated carbocycles. The molecule has 1 atom stereocenters. The fourth-order valence-corrected chi connectivity index (χ4v) is 3.86. The lowest BCUT2D eigenvalue weighted by Gasteiger charge is -2.37. The smallest absolute Gasteiger partial charge is 0.296 e. The van der Waals surface area contributed by atoms with Crippen molar-refractivity contribution in [1.29, 1.82) is 0 Å². The summed E-state index contributed by atoms with van der Waals surface area (Å²) in [6.07, 6.45) is 2.49. The first-order valence-corrected chi connectivity index (χ1v) is 9.76. The van der Waals surface area contributed by atoms with Crippen LogP contribution in [0.1, 0.15) is 55.0 Å². The molecule has 2 aromatic rings. The summed E-state index contributed by atoms with van der Waals surface area (Å²) in [6, 6.07) is 9.46. The molecule has 2 heterocycles. The van der Waals surface area contributed by atoms with Crippen molar-refractivity contribution in [3.05, 3.63) is 57.8 Å². The van der Waals surface area contributed by atoms with Crippen molar-refractivity contribution in [3.63, 3.8) is 0 Å². The molecule has 1 amide bonds. The van der Waals surface area contributed by atoms with Crippen LogP contribution in [-0.4, -0.2) is 39.1 Å². The van der Waals surface area contributed by atoms with Crippen LogP contribution in [0.2, 0.25) is 0 Å². The molecule has 150 valence electrons. The lowest BCUT2D eigenvalue weighted by Crippen LogP contribution is -2.44. The number of rotatable bonds is 5. The van der Waals surface area contributed by atoms with Gasteiger partial charge in [0.05, 0.1) is 5.54 Å². The van der Waals surface area contributed by atoms with E-state index < -0.39 is 22.8 Å². The van der Waals surface area contributed by atoms with E-state index >= 15 is 0 Å². The predicted octanol–water partition coefficient (Wildman–Crippen LogP) is 2.23. The maximum Gasteiger partial charge on any atom is 0.296 e. The summed E-state index contributed by atoms with van der Waals surface area (Å²) in [7, 11) is 2.01. The lowest BCUT2D eigenvalue weighted by atomic mass is 9.93. The largest absolute Gasteiger partial charge is 0.501 e. The minimum absolute atomic E-state index is 0.204. The fourth-order valence-electron chi connectivity index (χ4n) is 3.86. The molecule has 1 aromatic carbocycles. The average molecular weight is 384 g/mol. The Morgan fingerprint density at radius 3 is 2.68 bits per heavy atom. The first-order chi connectivity index (χ1) is 13.4. The van der Waals surface area contributed by atoms with Crippen molar-refractivity contribution in [2.45, 2.75) is 51.7 Å². The molecule has 1 unspecified atom stereocenters. The third kappa shape index (κ3) is 3.67. The topological polar surface area (TPSA) is 87.5 Å². The van der Waals surface area contributed by atoms with Crippen LogP contribution < -0.4 is 10.9 Å². The third-order valence-electron chi connectivity index (χ3n) is 5.59. The zero-order valence-electron chi connectivity index (χ0n) is 16.7. The minimum Gasteiger partial charge on any atom is -0.501 e. The van der Waals surface area contributed by atoms with Crippen molar-refractivity contribution in [1.82, 2.24) is 19.8 Å². The molecular weight excluding hydrogens is 356 g/mol. The van der Waals surface area contributed by atoms with Crippen LogP contribution >= 0.6 is 0 Å². The molecule has 2 N–H and O–H groups in total. The van der Waals surface area contributed by atoms with Crippen molar-refractivity contribution >= 4 is 5.91 Å². The first kappa shape index (κ1) is 20.1. The van der Waals surface area contributed by atoms with Gasteiger partial charge in [-0.1, -0.05) is 43.7 Å². The van der Waals surface area contributed by atoms with Crippen LogP contribution in [0.15, 0.2) is 35.1 Å². The maximum absolute atomic E-state index is 12.8. The zero-order chi connectivity index (χ0) is 20.3. The molecule has 1 aliphatic rings. The van der Waals surface area contributed by atoms with Gasteiger partial charge in [0, 0.05) is 19.6 Å². The molecule has 0 aliphatic carbocycles. The van der Waals surface area contributed by atoms with E-state index in [9.17, 15) is 14.7 Å². The van der Waals surface area contributed by atoms with Gasteiger partial charge in [-0.05, 0) is 32.4 Å². The van der Waals surface area contributed by atoms with Crippen LogP contribution in [0.4, 0.5) is 0 Å². The van der Waals surface area contributed by atoms with Gasteiger partial charge in [0.1, 0.15) is 5.82 Å². The molecule has 0 radical (unpaired) electrons. The summed E-state index contributed by atoms with van der Waals surface area (Å²) in [4.78, 5) is 32.3. The molecule has 0 spiro atoms. The SMILES string of the molecule is CCCC1(C)c2nc(C(=O)NCc3ccccc3)c(O)c(=O)n2CCCN1C. The van der Waals surface area contributed by atoms with Gasteiger partial charge in [0.15, 0.2) is 5.69 Å². The highest BCUT2D eigenvalue weighted by Crippen LogP contribution is 2.33. The van der Waals surface area contributed by atoms with Gasteiger partial charge < -0.3 is 10.4 Å². The van der Waals surface area contributed by atoms with Crippen molar-refractivity contribution in [2.24, 2.45) is 0 Å². The molecule has 7 heteroatoms. The number of benzene rings is 1. The summed E-state index contributed by atoms with van der Waals surface area (Å²) in [6.45, 7) is 5.72. The van der Waals surface area contributed by atoms with Gasteiger partial charge >= 0.3 is 0 Å². The summed E-state index contributed by atoms with van der Waals surface area (Å²) < 4.78 is 1.53. The second-order valence-corrected chi connectivity index (χ2v) is 7.56. The third-order valence-corrected chi connectivity index (χ3v) is 5.59. The van der Waals surface area contributed by atoms with E-state index in [0.29, 0.717) is 18.9 Å². The standard InChI is InChI=1S/C21H28N4O3/c1-4-11-21(2)20-23-16(18(27)22-14-15-9-6-5-7-10-15)17(26)19(28)25(20)13-8-12-24(21)3/h5-7,9-10,26H,4,8,11-14H2,1-3H3,(H,22,27). The van der Waals surface area contributed by atoms with E-state index in [1.807, 2.05) is 44.3 Å². The zero-order valence-corrected chi connectivity index (χ0v) is 16.7. The van der Waals surface area contributed by atoms with Crippen molar-refractivity contribution < 1.29 is 9.90 Å². The number of hydrogen-bond acceptors (Lipinski definition) is 5. The molecule has 3 rings (SSSR count). The molecule has 1 aliphatic heterocycles. The Morgan fingerprint density at radius 1 is 1.29 bits per heavy atom. The Labute approximate surface area is 165 Å². The van der Waals surface area contributed by atoms with E-state index in [1.165, 1.54) is 4.57 Å². The summed E-state index contributed by atoms with van der Waals surface area (Å²) in [5, 5.41) is 13.2. The quantitative estimate of drug-likeness (QED) is 0.825. The second-order valence-electron chi connectivity index (χ2n) is 7.56. The molecule has 0 saturated heterocycles. The number of aromatic nitrogens is 2. The molecule has 0 fully saturated rings. The van der Waals surface area contributed by atoms with E-state index in [-0.39, 0.29) is 5.69 Å². The fraction of sp³-hybridized carbons (Fsp3) is 0.476. The number of nitrogens with one attached hydrogen (secondary N) is 1. The molecule has 0 bridgehead atoms.